The molecule has 5 heteroatoms. The van der Waals surface area contributed by atoms with E-state index in [4.69, 9.17) is 22.1 Å². The average molecular weight is 270 g/mol. The van der Waals surface area contributed by atoms with Crippen molar-refractivity contribution in [2.24, 2.45) is 0 Å². The molecule has 2 N–H and O–H groups in total. The minimum Gasteiger partial charge on any atom is -0.497 e. The molecule has 0 atom stereocenters. The molecule has 2 aromatic carbocycles. The van der Waals surface area contributed by atoms with Crippen molar-refractivity contribution in [1.29, 1.82) is 0 Å². The Morgan fingerprint density at radius 3 is 2.28 bits per heavy atom. The molecule has 0 bridgehead atoms. The van der Waals surface area contributed by atoms with Crippen LogP contribution in [0.1, 0.15) is 0 Å². The molecular weight excluding hydrogens is 260 g/mol. The van der Waals surface area contributed by atoms with Crippen molar-refractivity contribution in [3.05, 3.63) is 47.0 Å². The molecule has 2 rings (SSSR count). The number of hydrogen-bond acceptors (Lipinski definition) is 2. The maximum atomic E-state index is 13.9. The molecule has 18 heavy (non-hydrogen) atoms. The van der Waals surface area contributed by atoms with Gasteiger partial charge in [-0.3, -0.25) is 0 Å². The van der Waals surface area contributed by atoms with Crippen molar-refractivity contribution < 1.29 is 13.5 Å². The van der Waals surface area contributed by atoms with Crippen molar-refractivity contribution in [3.63, 3.8) is 0 Å². The third-order valence-corrected chi connectivity index (χ3v) is 2.77. The normalized spacial score (nSPS) is 10.4. The smallest absolute Gasteiger partial charge is 0.137 e. The molecule has 0 spiro atoms. The van der Waals surface area contributed by atoms with Gasteiger partial charge in [0.1, 0.15) is 17.4 Å². The Bertz CT molecular complexity index is 579. The lowest BCUT2D eigenvalue weighted by Crippen LogP contribution is -1.97. The van der Waals surface area contributed by atoms with Gasteiger partial charge in [-0.2, -0.15) is 0 Å². The Kier molecular flexibility index (Phi) is 3.39. The van der Waals surface area contributed by atoms with Gasteiger partial charge in [-0.05, 0) is 18.2 Å². The fourth-order valence-corrected chi connectivity index (χ4v) is 1.84. The highest BCUT2D eigenvalue weighted by Crippen LogP contribution is 2.34. The topological polar surface area (TPSA) is 35.2 Å². The predicted molar refractivity (Wildman–Crippen MR) is 67.8 cm³/mol. The van der Waals surface area contributed by atoms with Crippen molar-refractivity contribution in [1.82, 2.24) is 0 Å². The molecular formula is C13H10ClF2NO. The molecule has 0 aliphatic carbocycles. The van der Waals surface area contributed by atoms with Crippen LogP contribution in [0.15, 0.2) is 30.3 Å². The van der Waals surface area contributed by atoms with Crippen LogP contribution in [0.3, 0.4) is 0 Å². The van der Waals surface area contributed by atoms with Crippen molar-refractivity contribution >= 4 is 17.3 Å². The summed E-state index contributed by atoms with van der Waals surface area (Å²) in [6.07, 6.45) is 0. The number of nitrogen functional groups attached to an aromatic ring is 1. The summed E-state index contributed by atoms with van der Waals surface area (Å²) in [5.74, 6) is -1.39. The minimum absolute atomic E-state index is 0.106. The number of anilines is 1. The molecule has 0 aliphatic rings. The first kappa shape index (κ1) is 12.6. The van der Waals surface area contributed by atoms with Gasteiger partial charge in [0.25, 0.3) is 0 Å². The Labute approximate surface area is 108 Å². The molecule has 0 heterocycles. The largest absolute Gasteiger partial charge is 0.497 e. The van der Waals surface area contributed by atoms with E-state index in [1.807, 2.05) is 0 Å². The maximum Gasteiger partial charge on any atom is 0.137 e. The lowest BCUT2D eigenvalue weighted by atomic mass is 10.0. The van der Waals surface area contributed by atoms with E-state index in [0.717, 1.165) is 12.1 Å². The number of ether oxygens (including phenoxy) is 1. The highest BCUT2D eigenvalue weighted by atomic mass is 35.5. The molecule has 0 unspecified atom stereocenters. The van der Waals surface area contributed by atoms with E-state index in [1.165, 1.54) is 19.2 Å². The molecule has 0 aromatic heterocycles. The first-order valence-electron chi connectivity index (χ1n) is 5.11. The number of hydrogen-bond donors (Lipinski definition) is 1. The van der Waals surface area contributed by atoms with Crippen LogP contribution in [0, 0.1) is 11.6 Å². The maximum absolute atomic E-state index is 13.9. The third-order valence-electron chi connectivity index (χ3n) is 2.54. The van der Waals surface area contributed by atoms with E-state index in [1.54, 1.807) is 6.07 Å². The van der Waals surface area contributed by atoms with Crippen LogP contribution in [0.25, 0.3) is 11.1 Å². The van der Waals surface area contributed by atoms with E-state index in [9.17, 15) is 8.78 Å². The number of methoxy groups -OCH3 is 1. The summed E-state index contributed by atoms with van der Waals surface area (Å²) < 4.78 is 32.5. The Morgan fingerprint density at radius 1 is 1.11 bits per heavy atom. The monoisotopic (exact) mass is 269 g/mol. The molecule has 2 nitrogen and oxygen atoms in total. The number of benzene rings is 2. The molecule has 0 amide bonds. The summed E-state index contributed by atoms with van der Waals surface area (Å²) in [7, 11) is 1.33. The first-order chi connectivity index (χ1) is 8.52. The summed E-state index contributed by atoms with van der Waals surface area (Å²) in [5.41, 5.74) is 5.97. The van der Waals surface area contributed by atoms with E-state index < -0.39 is 11.6 Å². The SMILES string of the molecule is COc1cc(F)c(-c2cc(Cl)ccc2N)c(F)c1. The Morgan fingerprint density at radius 2 is 1.72 bits per heavy atom. The van der Waals surface area contributed by atoms with Gasteiger partial charge >= 0.3 is 0 Å². The second-order valence-corrected chi connectivity index (χ2v) is 4.13. The Balaban J connectivity index is 2.67. The van der Waals surface area contributed by atoms with Crippen molar-refractivity contribution in [2.75, 3.05) is 12.8 Å². The van der Waals surface area contributed by atoms with Crippen LogP contribution in [0.4, 0.5) is 14.5 Å². The number of rotatable bonds is 2. The average Bonchev–Trinajstić information content (AvgIpc) is 2.32. The molecule has 2 aromatic rings. The highest BCUT2D eigenvalue weighted by Gasteiger charge is 2.16. The van der Waals surface area contributed by atoms with Crippen LogP contribution < -0.4 is 10.5 Å². The van der Waals surface area contributed by atoms with Crippen molar-refractivity contribution in [3.8, 4) is 16.9 Å². The fourth-order valence-electron chi connectivity index (χ4n) is 1.67. The van der Waals surface area contributed by atoms with Crippen molar-refractivity contribution in [2.45, 2.75) is 0 Å². The van der Waals surface area contributed by atoms with Crippen LogP contribution in [0.2, 0.25) is 5.02 Å². The van der Waals surface area contributed by atoms with E-state index in [0.29, 0.717) is 5.02 Å². The van der Waals surface area contributed by atoms with Gasteiger partial charge in [-0.25, -0.2) is 8.78 Å². The third kappa shape index (κ3) is 2.24. The van der Waals surface area contributed by atoms with Gasteiger partial charge in [0.05, 0.1) is 12.7 Å². The molecule has 0 saturated carbocycles. The summed E-state index contributed by atoms with van der Waals surface area (Å²) >= 11 is 5.80. The van der Waals surface area contributed by atoms with Crippen LogP contribution in [-0.4, -0.2) is 7.11 Å². The number of nitrogens with two attached hydrogens (primary N) is 1. The second kappa shape index (κ2) is 4.82. The minimum atomic E-state index is -0.749. The molecule has 0 saturated heterocycles. The summed E-state index contributed by atoms with van der Waals surface area (Å²) in [6, 6.07) is 6.67. The quantitative estimate of drug-likeness (QED) is 0.840. The van der Waals surface area contributed by atoms with Gasteiger partial charge in [-0.1, -0.05) is 11.6 Å². The summed E-state index contributed by atoms with van der Waals surface area (Å²) in [6.45, 7) is 0. The van der Waals surface area contributed by atoms with E-state index in [2.05, 4.69) is 0 Å². The number of halogens is 3. The van der Waals surface area contributed by atoms with Crippen LogP contribution in [-0.2, 0) is 0 Å². The molecule has 0 fully saturated rings. The van der Waals surface area contributed by atoms with Gasteiger partial charge in [-0.15, -0.1) is 0 Å². The lowest BCUT2D eigenvalue weighted by Gasteiger charge is -2.10. The predicted octanol–water partition coefficient (Wildman–Crippen LogP) is 3.88. The summed E-state index contributed by atoms with van der Waals surface area (Å²) in [4.78, 5) is 0. The van der Waals surface area contributed by atoms with Gasteiger partial charge in [0.15, 0.2) is 0 Å². The lowest BCUT2D eigenvalue weighted by molar-refractivity contribution is 0.407. The zero-order valence-corrected chi connectivity index (χ0v) is 10.3. The molecule has 0 radical (unpaired) electrons. The van der Waals surface area contributed by atoms with Gasteiger partial charge in [0, 0.05) is 28.4 Å². The molecule has 94 valence electrons. The zero-order chi connectivity index (χ0) is 13.3. The van der Waals surface area contributed by atoms with Gasteiger partial charge < -0.3 is 10.5 Å². The zero-order valence-electron chi connectivity index (χ0n) is 9.51. The fraction of sp³-hybridized carbons (Fsp3) is 0.0769. The molecule has 0 aliphatic heterocycles. The van der Waals surface area contributed by atoms with Crippen LogP contribution >= 0.6 is 11.6 Å². The highest BCUT2D eigenvalue weighted by molar-refractivity contribution is 6.31. The first-order valence-corrected chi connectivity index (χ1v) is 5.49. The van der Waals surface area contributed by atoms with E-state index in [-0.39, 0.29) is 22.6 Å². The van der Waals surface area contributed by atoms with Gasteiger partial charge in [0.2, 0.25) is 0 Å². The van der Waals surface area contributed by atoms with Crippen LogP contribution in [0.5, 0.6) is 5.75 Å². The Hall–Kier alpha value is -1.81. The van der Waals surface area contributed by atoms with E-state index >= 15 is 0 Å². The summed E-state index contributed by atoms with van der Waals surface area (Å²) in [5, 5.41) is 0.355. The second-order valence-electron chi connectivity index (χ2n) is 3.70. The standard InChI is InChI=1S/C13H10ClF2NO/c1-18-8-5-10(15)13(11(16)6-8)9-4-7(14)2-3-12(9)17/h2-6H,17H2,1H3.